The lowest BCUT2D eigenvalue weighted by Crippen LogP contribution is -2.30. The molecule has 1 aromatic carbocycles. The fraction of sp³-hybridized carbons (Fsp3) is 0.231. The number of rotatable bonds is 5. The first-order valence-corrected chi connectivity index (χ1v) is 7.36. The zero-order valence-corrected chi connectivity index (χ0v) is 10.9. The first-order valence-electron chi connectivity index (χ1n) is 5.71. The molecule has 1 heterocycles. The molecular weight excluding hydrogens is 250 g/mol. The van der Waals surface area contributed by atoms with Crippen molar-refractivity contribution in [2.45, 2.75) is 13.0 Å². The highest BCUT2D eigenvalue weighted by molar-refractivity contribution is 7.89. The smallest absolute Gasteiger partial charge is 0.212 e. The van der Waals surface area contributed by atoms with Gasteiger partial charge < -0.3 is 4.42 Å². The Balaban J connectivity index is 2.36. The first-order chi connectivity index (χ1) is 8.62. The van der Waals surface area contributed by atoms with Crippen LogP contribution in [0.4, 0.5) is 0 Å². The van der Waals surface area contributed by atoms with E-state index in [9.17, 15) is 8.42 Å². The fourth-order valence-electron chi connectivity index (χ4n) is 1.65. The number of benzene rings is 1. The summed E-state index contributed by atoms with van der Waals surface area (Å²) in [5.74, 6) is 0.620. The Morgan fingerprint density at radius 3 is 2.44 bits per heavy atom. The molecule has 1 unspecified atom stereocenters. The van der Waals surface area contributed by atoms with Gasteiger partial charge in [0.05, 0.1) is 12.0 Å². The summed E-state index contributed by atoms with van der Waals surface area (Å²) in [5.41, 5.74) is 0.851. The van der Waals surface area contributed by atoms with Crippen molar-refractivity contribution in [2.24, 2.45) is 0 Å². The first kappa shape index (κ1) is 12.9. The Labute approximate surface area is 107 Å². The van der Waals surface area contributed by atoms with Gasteiger partial charge in [0.2, 0.25) is 10.0 Å². The van der Waals surface area contributed by atoms with Gasteiger partial charge in [-0.15, -0.1) is 0 Å². The molecule has 2 aromatic rings. The third kappa shape index (κ3) is 3.00. The van der Waals surface area contributed by atoms with Crippen molar-refractivity contribution in [3.63, 3.8) is 0 Å². The lowest BCUT2D eigenvalue weighted by Gasteiger charge is -2.16. The Morgan fingerprint density at radius 2 is 1.89 bits per heavy atom. The van der Waals surface area contributed by atoms with Gasteiger partial charge in [0.15, 0.2) is 0 Å². The molecule has 18 heavy (non-hydrogen) atoms. The summed E-state index contributed by atoms with van der Waals surface area (Å²) in [7, 11) is -3.30. The molecule has 0 saturated heterocycles. The molecule has 0 aliphatic rings. The molecule has 5 heteroatoms. The standard InChI is InChI=1S/C13H15NO3S/c1-2-18(15,16)14-13(12-9-6-10-17-12)11-7-4-3-5-8-11/h3-10,13-14H,2H2,1H3. The minimum atomic E-state index is -3.30. The average molecular weight is 265 g/mol. The van der Waals surface area contributed by atoms with Crippen LogP contribution >= 0.6 is 0 Å². The van der Waals surface area contributed by atoms with Gasteiger partial charge in [-0.2, -0.15) is 0 Å². The van der Waals surface area contributed by atoms with Gasteiger partial charge in [0.25, 0.3) is 0 Å². The van der Waals surface area contributed by atoms with E-state index in [0.717, 1.165) is 5.56 Å². The number of furan rings is 1. The number of hydrogen-bond donors (Lipinski definition) is 1. The maximum absolute atomic E-state index is 11.7. The summed E-state index contributed by atoms with van der Waals surface area (Å²) in [4.78, 5) is 0. The summed E-state index contributed by atoms with van der Waals surface area (Å²) < 4.78 is 31.4. The Kier molecular flexibility index (Phi) is 3.84. The molecule has 0 aliphatic heterocycles. The van der Waals surface area contributed by atoms with Crippen LogP contribution in [0.15, 0.2) is 53.1 Å². The van der Waals surface area contributed by atoms with Crippen LogP contribution in [0, 0.1) is 0 Å². The van der Waals surface area contributed by atoms with Crippen molar-refractivity contribution in [3.05, 3.63) is 60.1 Å². The number of hydrogen-bond acceptors (Lipinski definition) is 3. The normalized spacial score (nSPS) is 13.4. The molecule has 0 fully saturated rings. The molecule has 4 nitrogen and oxygen atoms in total. The highest BCUT2D eigenvalue weighted by atomic mass is 32.2. The third-order valence-corrected chi connectivity index (χ3v) is 3.99. The molecule has 1 aromatic heterocycles. The molecule has 1 N–H and O–H groups in total. The molecule has 0 aliphatic carbocycles. The van der Waals surface area contributed by atoms with Gasteiger partial charge in [0, 0.05) is 0 Å². The zero-order valence-electron chi connectivity index (χ0n) is 10.0. The maximum atomic E-state index is 11.7. The van der Waals surface area contributed by atoms with E-state index in [0.29, 0.717) is 5.76 Å². The largest absolute Gasteiger partial charge is 0.467 e. The van der Waals surface area contributed by atoms with Crippen molar-refractivity contribution < 1.29 is 12.8 Å². The molecule has 0 bridgehead atoms. The van der Waals surface area contributed by atoms with Gasteiger partial charge in [-0.3, -0.25) is 0 Å². The van der Waals surface area contributed by atoms with Crippen LogP contribution in [-0.2, 0) is 10.0 Å². The van der Waals surface area contributed by atoms with Crippen LogP contribution in [0.1, 0.15) is 24.3 Å². The van der Waals surface area contributed by atoms with E-state index in [-0.39, 0.29) is 5.75 Å². The topological polar surface area (TPSA) is 59.3 Å². The second-order valence-electron chi connectivity index (χ2n) is 3.88. The molecule has 0 amide bonds. The third-order valence-electron chi connectivity index (χ3n) is 2.64. The molecule has 1 atom stereocenters. The summed E-state index contributed by atoms with van der Waals surface area (Å²) in [6.45, 7) is 1.60. The summed E-state index contributed by atoms with van der Waals surface area (Å²) in [6.07, 6.45) is 1.53. The van der Waals surface area contributed by atoms with Crippen molar-refractivity contribution in [3.8, 4) is 0 Å². The summed E-state index contributed by atoms with van der Waals surface area (Å²) in [6, 6.07) is 12.4. The minimum absolute atomic E-state index is 0.0387. The molecule has 96 valence electrons. The highest BCUT2D eigenvalue weighted by Gasteiger charge is 2.21. The maximum Gasteiger partial charge on any atom is 0.212 e. The summed E-state index contributed by atoms with van der Waals surface area (Å²) in [5, 5.41) is 0. The lowest BCUT2D eigenvalue weighted by atomic mass is 10.1. The molecular formula is C13H15NO3S. The van der Waals surface area contributed by atoms with E-state index in [1.54, 1.807) is 19.1 Å². The van der Waals surface area contributed by atoms with Gasteiger partial charge in [-0.25, -0.2) is 13.1 Å². The summed E-state index contributed by atoms with van der Waals surface area (Å²) >= 11 is 0. The van der Waals surface area contributed by atoms with E-state index < -0.39 is 16.1 Å². The second kappa shape index (κ2) is 5.37. The van der Waals surface area contributed by atoms with Crippen molar-refractivity contribution >= 4 is 10.0 Å². The van der Waals surface area contributed by atoms with Crippen LogP contribution in [0.3, 0.4) is 0 Å². The quantitative estimate of drug-likeness (QED) is 0.902. The number of nitrogens with one attached hydrogen (secondary N) is 1. The monoisotopic (exact) mass is 265 g/mol. The minimum Gasteiger partial charge on any atom is -0.467 e. The highest BCUT2D eigenvalue weighted by Crippen LogP contribution is 2.23. The van der Waals surface area contributed by atoms with Crippen LogP contribution in [0.25, 0.3) is 0 Å². The molecule has 0 radical (unpaired) electrons. The Bertz CT molecular complexity index is 576. The van der Waals surface area contributed by atoms with Crippen LogP contribution in [0.5, 0.6) is 0 Å². The zero-order chi connectivity index (χ0) is 13.0. The van der Waals surface area contributed by atoms with E-state index in [1.807, 2.05) is 30.3 Å². The van der Waals surface area contributed by atoms with Crippen LogP contribution in [0.2, 0.25) is 0 Å². The predicted octanol–water partition coefficient (Wildman–Crippen LogP) is 2.31. The fourth-order valence-corrected chi connectivity index (χ4v) is 2.43. The number of sulfonamides is 1. The van der Waals surface area contributed by atoms with Gasteiger partial charge in [0.1, 0.15) is 11.8 Å². The van der Waals surface area contributed by atoms with Crippen LogP contribution < -0.4 is 4.72 Å². The van der Waals surface area contributed by atoms with Crippen molar-refractivity contribution in [2.75, 3.05) is 5.75 Å². The second-order valence-corrected chi connectivity index (χ2v) is 5.92. The van der Waals surface area contributed by atoms with Crippen molar-refractivity contribution in [1.82, 2.24) is 4.72 Å². The Morgan fingerprint density at radius 1 is 1.17 bits per heavy atom. The van der Waals surface area contributed by atoms with Gasteiger partial charge >= 0.3 is 0 Å². The van der Waals surface area contributed by atoms with E-state index in [4.69, 9.17) is 4.42 Å². The lowest BCUT2D eigenvalue weighted by molar-refractivity contribution is 0.471. The van der Waals surface area contributed by atoms with E-state index >= 15 is 0 Å². The molecule has 2 rings (SSSR count). The van der Waals surface area contributed by atoms with E-state index in [2.05, 4.69) is 4.72 Å². The van der Waals surface area contributed by atoms with E-state index in [1.165, 1.54) is 6.26 Å². The van der Waals surface area contributed by atoms with Gasteiger partial charge in [-0.1, -0.05) is 30.3 Å². The van der Waals surface area contributed by atoms with Crippen molar-refractivity contribution in [1.29, 1.82) is 0 Å². The van der Waals surface area contributed by atoms with Crippen LogP contribution in [-0.4, -0.2) is 14.2 Å². The molecule has 0 spiro atoms. The SMILES string of the molecule is CCS(=O)(=O)NC(c1ccccc1)c1ccco1. The molecule has 0 saturated carbocycles. The Hall–Kier alpha value is -1.59. The van der Waals surface area contributed by atoms with Gasteiger partial charge in [-0.05, 0) is 24.6 Å². The predicted molar refractivity (Wildman–Crippen MR) is 69.6 cm³/mol. The average Bonchev–Trinajstić information content (AvgIpc) is 2.91.